The Balaban J connectivity index is 2.14. The summed E-state index contributed by atoms with van der Waals surface area (Å²) in [5.74, 6) is -0.278. The topological polar surface area (TPSA) is 46.6 Å². The minimum Gasteiger partial charge on any atom is -0.469 e. The van der Waals surface area contributed by atoms with Gasteiger partial charge >= 0.3 is 5.97 Å². The molecule has 5 heteroatoms. The number of methoxy groups -OCH3 is 1. The molecule has 0 radical (unpaired) electrons. The third kappa shape index (κ3) is 4.57. The average molecular weight is 368 g/mol. The highest BCUT2D eigenvalue weighted by Gasteiger charge is 2.26. The van der Waals surface area contributed by atoms with E-state index in [9.17, 15) is 9.59 Å². The number of amides is 1. The first-order valence-corrected chi connectivity index (χ1v) is 8.54. The van der Waals surface area contributed by atoms with E-state index in [4.69, 9.17) is 4.74 Å². The molecule has 0 N–H and O–H groups in total. The van der Waals surface area contributed by atoms with Crippen LogP contribution in [0.5, 0.6) is 0 Å². The van der Waals surface area contributed by atoms with Crippen molar-refractivity contribution in [2.75, 3.05) is 13.7 Å². The van der Waals surface area contributed by atoms with Crippen LogP contribution in [-0.4, -0.2) is 36.5 Å². The Labute approximate surface area is 140 Å². The molecule has 1 amide bonds. The zero-order valence-electron chi connectivity index (χ0n) is 12.9. The van der Waals surface area contributed by atoms with E-state index >= 15 is 0 Å². The van der Waals surface area contributed by atoms with Crippen molar-refractivity contribution in [1.29, 1.82) is 0 Å². The second-order valence-electron chi connectivity index (χ2n) is 5.63. The smallest absolute Gasteiger partial charge is 0.307 e. The molecule has 1 saturated carbocycles. The second kappa shape index (κ2) is 8.32. The summed E-state index contributed by atoms with van der Waals surface area (Å²) in [6.07, 6.45) is 5.79. The van der Waals surface area contributed by atoms with Crippen molar-refractivity contribution in [2.45, 2.75) is 44.6 Å². The lowest BCUT2D eigenvalue weighted by atomic mass is 9.93. The average Bonchev–Trinajstić information content (AvgIpc) is 2.55. The molecule has 2 rings (SSSR count). The van der Waals surface area contributed by atoms with Crippen molar-refractivity contribution in [3.8, 4) is 0 Å². The fourth-order valence-electron chi connectivity index (χ4n) is 2.94. The van der Waals surface area contributed by atoms with Crippen molar-refractivity contribution < 1.29 is 14.3 Å². The van der Waals surface area contributed by atoms with E-state index in [2.05, 4.69) is 15.9 Å². The summed E-state index contributed by atoms with van der Waals surface area (Å²) < 4.78 is 5.59. The highest BCUT2D eigenvalue weighted by atomic mass is 79.9. The Hall–Kier alpha value is -1.36. The fraction of sp³-hybridized carbons (Fsp3) is 0.529. The Bertz CT molecular complexity index is 526. The maximum absolute atomic E-state index is 12.9. The summed E-state index contributed by atoms with van der Waals surface area (Å²) in [5, 5.41) is 0. The van der Waals surface area contributed by atoms with E-state index in [1.165, 1.54) is 13.5 Å². The zero-order chi connectivity index (χ0) is 15.9. The van der Waals surface area contributed by atoms with E-state index in [0.717, 1.165) is 30.2 Å². The quantitative estimate of drug-likeness (QED) is 0.743. The Morgan fingerprint density at radius 2 is 2.00 bits per heavy atom. The molecule has 22 heavy (non-hydrogen) atoms. The summed E-state index contributed by atoms with van der Waals surface area (Å²) in [4.78, 5) is 26.2. The molecule has 0 aromatic heterocycles. The lowest BCUT2D eigenvalue weighted by molar-refractivity contribution is -0.140. The first-order valence-electron chi connectivity index (χ1n) is 7.75. The van der Waals surface area contributed by atoms with Crippen molar-refractivity contribution in [3.63, 3.8) is 0 Å². The number of esters is 1. The van der Waals surface area contributed by atoms with Gasteiger partial charge in [-0.25, -0.2) is 0 Å². The molecular weight excluding hydrogens is 346 g/mol. The molecule has 0 saturated heterocycles. The summed E-state index contributed by atoms with van der Waals surface area (Å²) in [6, 6.07) is 7.63. The van der Waals surface area contributed by atoms with E-state index in [-0.39, 0.29) is 24.3 Å². The van der Waals surface area contributed by atoms with Crippen molar-refractivity contribution >= 4 is 27.8 Å². The van der Waals surface area contributed by atoms with Crippen LogP contribution in [0.2, 0.25) is 0 Å². The zero-order valence-corrected chi connectivity index (χ0v) is 14.5. The van der Waals surface area contributed by atoms with E-state index in [1.54, 1.807) is 0 Å². The molecule has 0 heterocycles. The maximum Gasteiger partial charge on any atom is 0.307 e. The number of halogens is 1. The largest absolute Gasteiger partial charge is 0.469 e. The van der Waals surface area contributed by atoms with Gasteiger partial charge in [0.15, 0.2) is 0 Å². The standard InChI is InChI=1S/C17H22BrNO3/c1-22-16(20)10-11-19(15-8-3-2-4-9-15)17(21)13-6-5-7-14(18)12-13/h5-7,12,15H,2-4,8-11H2,1H3. The van der Waals surface area contributed by atoms with Gasteiger partial charge < -0.3 is 9.64 Å². The first-order chi connectivity index (χ1) is 10.6. The molecule has 0 unspecified atom stereocenters. The van der Waals surface area contributed by atoms with Crippen molar-refractivity contribution in [1.82, 2.24) is 4.90 Å². The van der Waals surface area contributed by atoms with Gasteiger partial charge in [0.05, 0.1) is 13.5 Å². The van der Waals surface area contributed by atoms with Crippen molar-refractivity contribution in [2.24, 2.45) is 0 Å². The number of carbonyl (C=O) groups excluding carboxylic acids is 2. The summed E-state index contributed by atoms with van der Waals surface area (Å²) in [6.45, 7) is 0.419. The molecule has 0 spiro atoms. The summed E-state index contributed by atoms with van der Waals surface area (Å²) >= 11 is 3.40. The normalized spacial score (nSPS) is 15.4. The number of carbonyl (C=O) groups is 2. The summed E-state index contributed by atoms with van der Waals surface area (Å²) in [5.41, 5.74) is 0.657. The van der Waals surface area contributed by atoms with Crippen LogP contribution in [-0.2, 0) is 9.53 Å². The highest BCUT2D eigenvalue weighted by molar-refractivity contribution is 9.10. The SMILES string of the molecule is COC(=O)CCN(C(=O)c1cccc(Br)c1)C1CCCCC1. The first kappa shape index (κ1) is 17.0. The molecule has 0 aliphatic heterocycles. The van der Waals surface area contributed by atoms with Crippen LogP contribution in [0.4, 0.5) is 0 Å². The highest BCUT2D eigenvalue weighted by Crippen LogP contribution is 2.25. The lowest BCUT2D eigenvalue weighted by Gasteiger charge is -2.34. The number of hydrogen-bond acceptors (Lipinski definition) is 3. The van der Waals surface area contributed by atoms with Crippen LogP contribution in [0.3, 0.4) is 0 Å². The molecule has 1 aliphatic rings. The van der Waals surface area contributed by atoms with Crippen LogP contribution in [0.1, 0.15) is 48.9 Å². The van der Waals surface area contributed by atoms with Gasteiger partial charge in [-0.15, -0.1) is 0 Å². The van der Waals surface area contributed by atoms with Gasteiger partial charge in [-0.3, -0.25) is 9.59 Å². The lowest BCUT2D eigenvalue weighted by Crippen LogP contribution is -2.42. The number of benzene rings is 1. The minimum atomic E-state index is -0.275. The molecule has 120 valence electrons. The Kier molecular flexibility index (Phi) is 6.43. The maximum atomic E-state index is 12.9. The number of rotatable bonds is 5. The predicted octanol–water partition coefficient (Wildman–Crippen LogP) is 3.79. The van der Waals surface area contributed by atoms with Gasteiger partial charge in [0, 0.05) is 22.6 Å². The third-order valence-corrected chi connectivity index (χ3v) is 4.63. The van der Waals surface area contributed by atoms with Gasteiger partial charge in [0.1, 0.15) is 0 Å². The number of nitrogens with zero attached hydrogens (tertiary/aromatic N) is 1. The Morgan fingerprint density at radius 1 is 1.27 bits per heavy atom. The molecule has 0 atom stereocenters. The molecule has 4 nitrogen and oxygen atoms in total. The van der Waals surface area contributed by atoms with Crippen LogP contribution < -0.4 is 0 Å². The monoisotopic (exact) mass is 367 g/mol. The van der Waals surface area contributed by atoms with Gasteiger partial charge in [-0.1, -0.05) is 41.3 Å². The Morgan fingerprint density at radius 3 is 2.64 bits per heavy atom. The number of ether oxygens (including phenoxy) is 1. The summed E-state index contributed by atoms with van der Waals surface area (Å²) in [7, 11) is 1.38. The fourth-order valence-corrected chi connectivity index (χ4v) is 3.34. The number of hydrogen-bond donors (Lipinski definition) is 0. The third-order valence-electron chi connectivity index (χ3n) is 4.13. The van der Waals surface area contributed by atoms with Gasteiger partial charge in [-0.2, -0.15) is 0 Å². The van der Waals surface area contributed by atoms with Gasteiger partial charge in [-0.05, 0) is 31.0 Å². The molecule has 1 aliphatic carbocycles. The minimum absolute atomic E-state index is 0.00268. The van der Waals surface area contributed by atoms with Crippen molar-refractivity contribution in [3.05, 3.63) is 34.3 Å². The van der Waals surface area contributed by atoms with Crippen LogP contribution in [0.25, 0.3) is 0 Å². The van der Waals surface area contributed by atoms with Crippen LogP contribution in [0, 0.1) is 0 Å². The van der Waals surface area contributed by atoms with E-state index < -0.39 is 0 Å². The molecule has 0 bridgehead atoms. The molecule has 1 aromatic rings. The van der Waals surface area contributed by atoms with Gasteiger partial charge in [0.25, 0.3) is 5.91 Å². The second-order valence-corrected chi connectivity index (χ2v) is 6.54. The van der Waals surface area contributed by atoms with E-state index in [0.29, 0.717) is 12.1 Å². The van der Waals surface area contributed by atoms with Gasteiger partial charge in [0.2, 0.25) is 0 Å². The van der Waals surface area contributed by atoms with Crippen LogP contribution in [0.15, 0.2) is 28.7 Å². The van der Waals surface area contributed by atoms with Crippen LogP contribution >= 0.6 is 15.9 Å². The predicted molar refractivity (Wildman–Crippen MR) is 88.7 cm³/mol. The molecular formula is C17H22BrNO3. The molecule has 1 fully saturated rings. The molecule has 1 aromatic carbocycles. The van der Waals surface area contributed by atoms with E-state index in [1.807, 2.05) is 29.2 Å².